The van der Waals surface area contributed by atoms with E-state index in [2.05, 4.69) is 10.3 Å². The van der Waals surface area contributed by atoms with Gasteiger partial charge in [0.05, 0.1) is 25.8 Å². The van der Waals surface area contributed by atoms with Gasteiger partial charge in [-0.15, -0.1) is 12.4 Å². The minimum absolute atomic E-state index is 0. The van der Waals surface area contributed by atoms with Crippen LogP contribution in [0.1, 0.15) is 22.0 Å². The molecular formula is C18H22ClN3O3. The van der Waals surface area contributed by atoms with Crippen LogP contribution in [0, 0.1) is 0 Å². The lowest BCUT2D eigenvalue weighted by Crippen LogP contribution is -2.48. The molecule has 1 amide bonds. The molecule has 2 aromatic rings. The van der Waals surface area contributed by atoms with Crippen molar-refractivity contribution in [1.29, 1.82) is 0 Å². The van der Waals surface area contributed by atoms with Crippen molar-refractivity contribution in [3.63, 3.8) is 0 Å². The number of carbonyl (C=O) groups excluding carboxylic acids is 1. The standard InChI is InChI=1S/C18H21N3O3.ClH/c1-23-14-5-6-15(17(10-14)24-2)18(22)21-9-8-20-12-16(21)13-4-3-7-19-11-13;/h3-7,10-11,16,20H,8-9,12H2,1-2H3;1H. The number of halogens is 1. The minimum atomic E-state index is -0.0511. The third-order valence-corrected chi connectivity index (χ3v) is 4.21. The van der Waals surface area contributed by atoms with E-state index in [1.54, 1.807) is 38.6 Å². The summed E-state index contributed by atoms with van der Waals surface area (Å²) in [5, 5.41) is 3.34. The van der Waals surface area contributed by atoms with Crippen molar-refractivity contribution in [2.45, 2.75) is 6.04 Å². The summed E-state index contributed by atoms with van der Waals surface area (Å²) < 4.78 is 10.6. The number of pyridine rings is 1. The fraction of sp³-hybridized carbons (Fsp3) is 0.333. The van der Waals surface area contributed by atoms with Gasteiger partial charge in [-0.05, 0) is 23.8 Å². The van der Waals surface area contributed by atoms with Crippen molar-refractivity contribution in [3.8, 4) is 11.5 Å². The topological polar surface area (TPSA) is 63.7 Å². The average molecular weight is 364 g/mol. The summed E-state index contributed by atoms with van der Waals surface area (Å²) in [6.45, 7) is 2.10. The number of nitrogens with zero attached hydrogens (tertiary/aromatic N) is 2. The van der Waals surface area contributed by atoms with Crippen LogP contribution in [-0.4, -0.2) is 49.6 Å². The van der Waals surface area contributed by atoms with Crippen molar-refractivity contribution in [3.05, 3.63) is 53.9 Å². The number of amides is 1. The zero-order chi connectivity index (χ0) is 16.9. The maximum Gasteiger partial charge on any atom is 0.258 e. The quantitative estimate of drug-likeness (QED) is 0.903. The second-order valence-corrected chi connectivity index (χ2v) is 5.57. The van der Waals surface area contributed by atoms with Crippen LogP contribution in [0.4, 0.5) is 0 Å². The second kappa shape index (κ2) is 8.69. The number of benzene rings is 1. The Balaban J connectivity index is 0.00000225. The predicted molar refractivity (Wildman–Crippen MR) is 97.7 cm³/mol. The van der Waals surface area contributed by atoms with Crippen LogP contribution in [0.15, 0.2) is 42.7 Å². The van der Waals surface area contributed by atoms with Gasteiger partial charge in [0.25, 0.3) is 5.91 Å². The molecule has 0 saturated carbocycles. The lowest BCUT2D eigenvalue weighted by molar-refractivity contribution is 0.0630. The van der Waals surface area contributed by atoms with Crippen LogP contribution in [0.2, 0.25) is 0 Å². The minimum Gasteiger partial charge on any atom is -0.497 e. The summed E-state index contributed by atoms with van der Waals surface area (Å²) in [6, 6.07) is 9.09. The Morgan fingerprint density at radius 1 is 1.28 bits per heavy atom. The maximum atomic E-state index is 13.1. The highest BCUT2D eigenvalue weighted by Crippen LogP contribution is 2.29. The van der Waals surface area contributed by atoms with Gasteiger partial charge in [0.15, 0.2) is 0 Å². The molecule has 25 heavy (non-hydrogen) atoms. The van der Waals surface area contributed by atoms with Crippen LogP contribution in [0.5, 0.6) is 11.5 Å². The van der Waals surface area contributed by atoms with Crippen LogP contribution in [0.3, 0.4) is 0 Å². The Morgan fingerprint density at radius 3 is 2.80 bits per heavy atom. The first-order chi connectivity index (χ1) is 11.7. The Morgan fingerprint density at radius 2 is 2.12 bits per heavy atom. The van der Waals surface area contributed by atoms with E-state index in [1.807, 2.05) is 23.2 Å². The molecule has 0 bridgehead atoms. The molecule has 1 aliphatic rings. The number of carbonyl (C=O) groups is 1. The number of nitrogens with one attached hydrogen (secondary N) is 1. The molecule has 0 aliphatic carbocycles. The molecule has 1 fully saturated rings. The molecule has 1 atom stereocenters. The zero-order valence-corrected chi connectivity index (χ0v) is 15.1. The molecule has 1 aromatic carbocycles. The lowest BCUT2D eigenvalue weighted by atomic mass is 10.0. The summed E-state index contributed by atoms with van der Waals surface area (Å²) in [5.41, 5.74) is 1.56. The Labute approximate surface area is 153 Å². The van der Waals surface area contributed by atoms with Crippen molar-refractivity contribution in [2.24, 2.45) is 0 Å². The van der Waals surface area contributed by atoms with Gasteiger partial charge in [0, 0.05) is 38.1 Å². The zero-order valence-electron chi connectivity index (χ0n) is 14.3. The van der Waals surface area contributed by atoms with Gasteiger partial charge in [-0.25, -0.2) is 0 Å². The molecule has 1 saturated heterocycles. The van der Waals surface area contributed by atoms with Crippen molar-refractivity contribution >= 4 is 18.3 Å². The molecule has 1 aliphatic heterocycles. The summed E-state index contributed by atoms with van der Waals surface area (Å²) in [6.07, 6.45) is 3.54. The molecular weight excluding hydrogens is 342 g/mol. The summed E-state index contributed by atoms with van der Waals surface area (Å²) in [4.78, 5) is 19.2. The Hall–Kier alpha value is -2.31. The first-order valence-corrected chi connectivity index (χ1v) is 7.88. The number of rotatable bonds is 4. The molecule has 1 unspecified atom stereocenters. The summed E-state index contributed by atoms with van der Waals surface area (Å²) in [5.74, 6) is 1.13. The first-order valence-electron chi connectivity index (χ1n) is 7.88. The third kappa shape index (κ3) is 4.03. The monoisotopic (exact) mass is 363 g/mol. The molecule has 6 nitrogen and oxygen atoms in total. The summed E-state index contributed by atoms with van der Waals surface area (Å²) in [7, 11) is 3.15. The van der Waals surface area contributed by atoms with Gasteiger partial charge >= 0.3 is 0 Å². The van der Waals surface area contributed by atoms with E-state index >= 15 is 0 Å². The van der Waals surface area contributed by atoms with E-state index < -0.39 is 0 Å². The van der Waals surface area contributed by atoms with Crippen molar-refractivity contribution in [2.75, 3.05) is 33.9 Å². The molecule has 134 valence electrons. The van der Waals surface area contributed by atoms with Crippen LogP contribution in [0.25, 0.3) is 0 Å². The maximum absolute atomic E-state index is 13.1. The number of hydrogen-bond donors (Lipinski definition) is 1. The number of ether oxygens (including phenoxy) is 2. The van der Waals surface area contributed by atoms with Gasteiger partial charge < -0.3 is 19.7 Å². The highest BCUT2D eigenvalue weighted by atomic mass is 35.5. The van der Waals surface area contributed by atoms with Gasteiger partial charge in [-0.2, -0.15) is 0 Å². The SMILES string of the molecule is COc1ccc(C(=O)N2CCNCC2c2cccnc2)c(OC)c1.Cl. The van der Waals surface area contributed by atoms with Gasteiger partial charge in [-0.1, -0.05) is 6.07 Å². The van der Waals surface area contributed by atoms with E-state index in [0.717, 1.165) is 12.1 Å². The molecule has 1 aromatic heterocycles. The highest BCUT2D eigenvalue weighted by Gasteiger charge is 2.30. The average Bonchev–Trinajstić information content (AvgIpc) is 2.67. The van der Waals surface area contributed by atoms with E-state index in [9.17, 15) is 4.79 Å². The predicted octanol–water partition coefficient (Wildman–Crippen LogP) is 2.31. The van der Waals surface area contributed by atoms with Crippen molar-refractivity contribution < 1.29 is 14.3 Å². The first kappa shape index (κ1) is 19.0. The molecule has 2 heterocycles. The van der Waals surface area contributed by atoms with Crippen LogP contribution >= 0.6 is 12.4 Å². The number of piperazine rings is 1. The van der Waals surface area contributed by atoms with Gasteiger partial charge in [0.2, 0.25) is 0 Å². The molecule has 3 rings (SSSR count). The Kier molecular flexibility index (Phi) is 6.61. The van der Waals surface area contributed by atoms with E-state index in [1.165, 1.54) is 0 Å². The lowest BCUT2D eigenvalue weighted by Gasteiger charge is -2.36. The molecule has 0 spiro atoms. The molecule has 0 radical (unpaired) electrons. The molecule has 7 heteroatoms. The highest BCUT2D eigenvalue weighted by molar-refractivity contribution is 5.97. The van der Waals surface area contributed by atoms with Crippen LogP contribution < -0.4 is 14.8 Å². The fourth-order valence-electron chi connectivity index (χ4n) is 2.95. The Bertz CT molecular complexity index is 712. The normalized spacial score (nSPS) is 16.7. The smallest absolute Gasteiger partial charge is 0.258 e. The van der Waals surface area contributed by atoms with Crippen LogP contribution in [-0.2, 0) is 0 Å². The number of hydrogen-bond acceptors (Lipinski definition) is 5. The largest absolute Gasteiger partial charge is 0.497 e. The van der Waals surface area contributed by atoms with Gasteiger partial charge in [0.1, 0.15) is 11.5 Å². The van der Waals surface area contributed by atoms with E-state index in [4.69, 9.17) is 9.47 Å². The summed E-state index contributed by atoms with van der Waals surface area (Å²) >= 11 is 0. The fourth-order valence-corrected chi connectivity index (χ4v) is 2.95. The van der Waals surface area contributed by atoms with Gasteiger partial charge in [-0.3, -0.25) is 9.78 Å². The van der Waals surface area contributed by atoms with E-state index in [0.29, 0.717) is 30.2 Å². The second-order valence-electron chi connectivity index (χ2n) is 5.57. The van der Waals surface area contributed by atoms with E-state index in [-0.39, 0.29) is 24.4 Å². The third-order valence-electron chi connectivity index (χ3n) is 4.21. The van der Waals surface area contributed by atoms with Crippen molar-refractivity contribution in [1.82, 2.24) is 15.2 Å². The number of methoxy groups -OCH3 is 2. The number of aromatic nitrogens is 1. The molecule has 1 N–H and O–H groups in total.